The van der Waals surface area contributed by atoms with E-state index in [2.05, 4.69) is 87.2 Å². The minimum atomic E-state index is 0.764. The summed E-state index contributed by atoms with van der Waals surface area (Å²) in [6, 6.07) is 13.2. The molecule has 190 valence electrons. The molecule has 1 aromatic carbocycles. The molecule has 0 aliphatic carbocycles. The molecule has 6 heteroatoms. The predicted octanol–water partition coefficient (Wildman–Crippen LogP) is 5.31. The molecule has 2 N–H and O–H groups in total. The maximum absolute atomic E-state index is 4.60. The van der Waals surface area contributed by atoms with Crippen LogP contribution in [-0.4, -0.2) is 50.9 Å². The second-order valence-corrected chi connectivity index (χ2v) is 9.55. The lowest BCUT2D eigenvalue weighted by Gasteiger charge is -2.21. The topological polar surface area (TPSA) is 60.1 Å². The molecule has 0 bridgehead atoms. The third kappa shape index (κ3) is 10.3. The molecule has 0 amide bonds. The Hall–Kier alpha value is -2.54. The van der Waals surface area contributed by atoms with Crippen molar-refractivity contribution in [2.24, 2.45) is 0 Å². The number of pyridine rings is 1. The lowest BCUT2D eigenvalue weighted by Crippen LogP contribution is -2.27. The van der Waals surface area contributed by atoms with Gasteiger partial charge in [-0.05, 0) is 81.5 Å². The van der Waals surface area contributed by atoms with Crippen molar-refractivity contribution >= 4 is 0 Å². The molecule has 6 nitrogen and oxygen atoms in total. The van der Waals surface area contributed by atoms with Crippen molar-refractivity contribution in [1.29, 1.82) is 0 Å². The van der Waals surface area contributed by atoms with Gasteiger partial charge in [-0.25, -0.2) is 4.98 Å². The van der Waals surface area contributed by atoms with E-state index < -0.39 is 0 Å². The van der Waals surface area contributed by atoms with Gasteiger partial charge in [0.25, 0.3) is 0 Å². The minimum Gasteiger partial charge on any atom is -0.348 e. The van der Waals surface area contributed by atoms with Crippen LogP contribution in [0.5, 0.6) is 0 Å². The summed E-state index contributed by atoms with van der Waals surface area (Å²) < 4.78 is 0. The molecule has 2 aromatic heterocycles. The lowest BCUT2D eigenvalue weighted by molar-refractivity contribution is 0.239. The number of unbranched alkanes of at least 4 members (excludes halogenated alkanes) is 1. The number of hydrogen-bond acceptors (Lipinski definition) is 5. The Kier molecular flexibility index (Phi) is 11.9. The Bertz CT molecular complexity index is 915. The van der Waals surface area contributed by atoms with E-state index >= 15 is 0 Å². The fourth-order valence-corrected chi connectivity index (χ4v) is 4.39. The second-order valence-electron chi connectivity index (χ2n) is 9.55. The zero-order valence-corrected chi connectivity index (χ0v) is 22.0. The van der Waals surface area contributed by atoms with E-state index in [0.29, 0.717) is 0 Å². The summed E-state index contributed by atoms with van der Waals surface area (Å²) in [5.74, 6) is 0.977. The number of rotatable bonds is 17. The first-order valence-electron chi connectivity index (χ1n) is 13.3. The van der Waals surface area contributed by atoms with Crippen molar-refractivity contribution in [2.75, 3.05) is 26.2 Å². The molecule has 0 saturated heterocycles. The SMILES string of the molecule is CCCN(CCC)CCCCNCc1ccc(CN(Cc2ccc(C)cn2)Cc2ncc[nH]2)cc1. The quantitative estimate of drug-likeness (QED) is 0.259. The van der Waals surface area contributed by atoms with Crippen molar-refractivity contribution in [3.8, 4) is 0 Å². The fourth-order valence-electron chi connectivity index (χ4n) is 4.39. The van der Waals surface area contributed by atoms with E-state index in [1.807, 2.05) is 18.6 Å². The minimum absolute atomic E-state index is 0.764. The van der Waals surface area contributed by atoms with Crippen LogP contribution < -0.4 is 5.32 Å². The second kappa shape index (κ2) is 15.5. The molecule has 0 aliphatic rings. The van der Waals surface area contributed by atoms with Crippen molar-refractivity contribution < 1.29 is 0 Å². The summed E-state index contributed by atoms with van der Waals surface area (Å²) in [5, 5.41) is 3.62. The Morgan fingerprint density at radius 3 is 2.23 bits per heavy atom. The van der Waals surface area contributed by atoms with Crippen LogP contribution in [0.2, 0.25) is 0 Å². The summed E-state index contributed by atoms with van der Waals surface area (Å²) in [5.41, 5.74) is 4.91. The number of H-pyrrole nitrogens is 1. The van der Waals surface area contributed by atoms with Crippen LogP contribution in [0.3, 0.4) is 0 Å². The van der Waals surface area contributed by atoms with Crippen molar-refractivity contribution in [1.82, 2.24) is 30.1 Å². The summed E-state index contributed by atoms with van der Waals surface area (Å²) in [7, 11) is 0. The number of aryl methyl sites for hydroxylation is 1. The lowest BCUT2D eigenvalue weighted by atomic mass is 10.1. The van der Waals surface area contributed by atoms with Crippen LogP contribution in [0.15, 0.2) is 55.0 Å². The van der Waals surface area contributed by atoms with Gasteiger partial charge < -0.3 is 15.2 Å². The van der Waals surface area contributed by atoms with Crippen LogP contribution in [0.4, 0.5) is 0 Å². The van der Waals surface area contributed by atoms with E-state index in [9.17, 15) is 0 Å². The van der Waals surface area contributed by atoms with Gasteiger partial charge in [-0.1, -0.05) is 44.2 Å². The van der Waals surface area contributed by atoms with Gasteiger partial charge in [0.05, 0.1) is 12.2 Å². The van der Waals surface area contributed by atoms with Gasteiger partial charge in [-0.2, -0.15) is 0 Å². The monoisotopic (exact) mass is 476 g/mol. The zero-order valence-electron chi connectivity index (χ0n) is 22.0. The largest absolute Gasteiger partial charge is 0.348 e. The molecular formula is C29H44N6. The van der Waals surface area contributed by atoms with Gasteiger partial charge in [-0.15, -0.1) is 0 Å². The third-order valence-electron chi connectivity index (χ3n) is 6.20. The normalized spacial score (nSPS) is 11.6. The van der Waals surface area contributed by atoms with E-state index in [1.165, 1.54) is 62.0 Å². The van der Waals surface area contributed by atoms with Crippen molar-refractivity contribution in [3.05, 3.63) is 83.2 Å². The average molecular weight is 477 g/mol. The average Bonchev–Trinajstić information content (AvgIpc) is 3.37. The first-order chi connectivity index (χ1) is 17.2. The molecule has 0 atom stereocenters. The fraction of sp³-hybridized carbons (Fsp3) is 0.517. The predicted molar refractivity (Wildman–Crippen MR) is 145 cm³/mol. The third-order valence-corrected chi connectivity index (χ3v) is 6.20. The highest BCUT2D eigenvalue weighted by molar-refractivity contribution is 5.22. The first-order valence-corrected chi connectivity index (χ1v) is 13.3. The molecule has 0 fully saturated rings. The van der Waals surface area contributed by atoms with E-state index in [-0.39, 0.29) is 0 Å². The summed E-state index contributed by atoms with van der Waals surface area (Å²) in [4.78, 5) is 17.2. The van der Waals surface area contributed by atoms with Gasteiger partial charge in [0, 0.05) is 38.2 Å². The van der Waals surface area contributed by atoms with E-state index in [4.69, 9.17) is 0 Å². The molecule has 0 radical (unpaired) electrons. The van der Waals surface area contributed by atoms with Crippen LogP contribution >= 0.6 is 0 Å². The highest BCUT2D eigenvalue weighted by Crippen LogP contribution is 2.13. The van der Waals surface area contributed by atoms with Crippen molar-refractivity contribution in [2.45, 2.75) is 72.6 Å². The Balaban J connectivity index is 1.44. The van der Waals surface area contributed by atoms with Gasteiger partial charge in [0.1, 0.15) is 5.82 Å². The molecule has 0 saturated carbocycles. The summed E-state index contributed by atoms with van der Waals surface area (Å²) >= 11 is 0. The molecule has 0 spiro atoms. The van der Waals surface area contributed by atoms with Crippen LogP contribution in [-0.2, 0) is 26.2 Å². The Labute approximate surface area is 212 Å². The number of aromatic nitrogens is 3. The number of aromatic amines is 1. The smallest absolute Gasteiger partial charge is 0.120 e. The number of hydrogen-bond donors (Lipinski definition) is 2. The van der Waals surface area contributed by atoms with Crippen LogP contribution in [0.25, 0.3) is 0 Å². The van der Waals surface area contributed by atoms with Gasteiger partial charge in [0.15, 0.2) is 0 Å². The Morgan fingerprint density at radius 1 is 0.800 bits per heavy atom. The molecule has 3 aromatic rings. The van der Waals surface area contributed by atoms with Gasteiger partial charge >= 0.3 is 0 Å². The number of imidazole rings is 1. The zero-order chi connectivity index (χ0) is 24.7. The van der Waals surface area contributed by atoms with Gasteiger partial charge in [0.2, 0.25) is 0 Å². The van der Waals surface area contributed by atoms with Gasteiger partial charge in [-0.3, -0.25) is 9.88 Å². The highest BCUT2D eigenvalue weighted by Gasteiger charge is 2.11. The Morgan fingerprint density at radius 2 is 1.57 bits per heavy atom. The van der Waals surface area contributed by atoms with Crippen LogP contribution in [0.1, 0.15) is 67.7 Å². The van der Waals surface area contributed by atoms with E-state index in [1.54, 1.807) is 0 Å². The van der Waals surface area contributed by atoms with Crippen LogP contribution in [0, 0.1) is 6.92 Å². The number of nitrogens with zero attached hydrogens (tertiary/aromatic N) is 4. The standard InChI is InChI=1S/C29H44N6/c1-4-17-34(18-5-2)19-7-6-14-30-21-26-9-11-27(12-10-26)22-35(24-29-31-15-16-32-29)23-28-13-8-25(3)20-33-28/h8-13,15-16,20,30H,4-7,14,17-19,21-24H2,1-3H3,(H,31,32). The molecular weight excluding hydrogens is 432 g/mol. The highest BCUT2D eigenvalue weighted by atomic mass is 15.2. The summed E-state index contributed by atoms with van der Waals surface area (Å²) in [6.45, 7) is 14.7. The maximum Gasteiger partial charge on any atom is 0.120 e. The maximum atomic E-state index is 4.60. The number of benzene rings is 1. The summed E-state index contributed by atoms with van der Waals surface area (Å²) in [6.07, 6.45) is 10.6. The first kappa shape index (κ1) is 27.1. The van der Waals surface area contributed by atoms with E-state index in [0.717, 1.165) is 44.2 Å². The number of nitrogens with one attached hydrogen (secondary N) is 2. The van der Waals surface area contributed by atoms with Crippen molar-refractivity contribution in [3.63, 3.8) is 0 Å². The molecule has 2 heterocycles. The molecule has 0 aliphatic heterocycles. The molecule has 3 rings (SSSR count). The molecule has 0 unspecified atom stereocenters. The molecule has 35 heavy (non-hydrogen) atoms.